The molecule has 1 saturated carbocycles. The summed E-state index contributed by atoms with van der Waals surface area (Å²) in [5, 5.41) is 10.3. The normalized spacial score (nSPS) is 15.1. The van der Waals surface area contributed by atoms with Crippen LogP contribution in [0.4, 0.5) is 17.1 Å². The standard InChI is InChI=1S/C73H49NS/c1-16-39-72(40-17-1)62-29-11-6-25-54(62)57-28-18-33-67(71(57)72)74(46-36-37-51-49-21-3-2-19-47(49)48-20-4-5-22-50(48)59(51)42-46)68-44-66-60(43-58(68)45-35-38-70-61(41-45)56-27-10-15-34-69(56)75-70)55-26-9-14-32-65(55)73(66)63-30-12-7-23-52(63)53-24-8-13-31-64(53)73/h2-15,18-38,41-44H,1,16-17,39-40H2. The van der Waals surface area contributed by atoms with Crippen molar-refractivity contribution >= 4 is 80.9 Å². The summed E-state index contributed by atoms with van der Waals surface area (Å²) < 4.78 is 2.64. The molecular weight excluding hydrogens is 923 g/mol. The van der Waals surface area contributed by atoms with E-state index in [4.69, 9.17) is 0 Å². The van der Waals surface area contributed by atoms with Crippen molar-refractivity contribution in [2.24, 2.45) is 0 Å². The molecule has 17 rings (SSSR count). The molecule has 4 aliphatic rings. The Hall–Kier alpha value is -8.56. The van der Waals surface area contributed by atoms with Gasteiger partial charge in [-0.2, -0.15) is 0 Å². The summed E-state index contributed by atoms with van der Waals surface area (Å²) >= 11 is 1.89. The molecule has 0 atom stereocenters. The van der Waals surface area contributed by atoms with Crippen LogP contribution in [0.1, 0.15) is 65.5 Å². The Morgan fingerprint density at radius 3 is 1.49 bits per heavy atom. The van der Waals surface area contributed by atoms with Crippen molar-refractivity contribution in [2.45, 2.75) is 42.9 Å². The van der Waals surface area contributed by atoms with Gasteiger partial charge in [-0.05, 0) is 166 Å². The minimum atomic E-state index is -0.524. The van der Waals surface area contributed by atoms with Gasteiger partial charge in [0, 0.05) is 36.8 Å². The summed E-state index contributed by atoms with van der Waals surface area (Å²) in [6.07, 6.45) is 5.99. The first-order chi connectivity index (χ1) is 37.2. The zero-order chi connectivity index (χ0) is 49.0. The van der Waals surface area contributed by atoms with Crippen molar-refractivity contribution in [1.82, 2.24) is 0 Å². The van der Waals surface area contributed by atoms with Crippen molar-refractivity contribution in [1.29, 1.82) is 0 Å². The summed E-state index contributed by atoms with van der Waals surface area (Å²) in [5.41, 5.74) is 21.9. The third-order valence-corrected chi connectivity index (χ3v) is 19.4. The van der Waals surface area contributed by atoms with E-state index in [1.54, 1.807) is 0 Å². The molecule has 75 heavy (non-hydrogen) atoms. The molecule has 0 bridgehead atoms. The Labute approximate surface area is 440 Å². The number of fused-ring (bicyclic) bond motifs is 24. The molecule has 0 N–H and O–H groups in total. The number of nitrogens with zero attached hydrogens (tertiary/aromatic N) is 1. The van der Waals surface area contributed by atoms with Gasteiger partial charge in [-0.15, -0.1) is 11.3 Å². The van der Waals surface area contributed by atoms with Gasteiger partial charge in [-0.25, -0.2) is 0 Å². The summed E-state index contributed by atoms with van der Waals surface area (Å²) in [5.74, 6) is 0. The van der Waals surface area contributed by atoms with E-state index >= 15 is 0 Å². The van der Waals surface area contributed by atoms with Gasteiger partial charge < -0.3 is 4.90 Å². The lowest BCUT2D eigenvalue weighted by atomic mass is 9.67. The molecule has 0 radical (unpaired) electrons. The zero-order valence-corrected chi connectivity index (χ0v) is 42.2. The quantitative estimate of drug-likeness (QED) is 0.159. The van der Waals surface area contributed by atoms with Crippen molar-refractivity contribution in [3.8, 4) is 44.5 Å². The maximum atomic E-state index is 2.74. The minimum Gasteiger partial charge on any atom is -0.310 e. The zero-order valence-electron chi connectivity index (χ0n) is 41.4. The van der Waals surface area contributed by atoms with Crippen LogP contribution in [0.25, 0.3) is 97.0 Å². The predicted molar refractivity (Wildman–Crippen MR) is 318 cm³/mol. The lowest BCUT2D eigenvalue weighted by molar-refractivity contribution is 0.353. The van der Waals surface area contributed by atoms with Crippen LogP contribution in [0.5, 0.6) is 0 Å². The number of hydrogen-bond donors (Lipinski definition) is 0. The highest BCUT2D eigenvalue weighted by Gasteiger charge is 2.52. The molecular formula is C73H49NS. The van der Waals surface area contributed by atoms with Crippen LogP contribution in [0.2, 0.25) is 0 Å². The van der Waals surface area contributed by atoms with E-state index < -0.39 is 5.41 Å². The highest BCUT2D eigenvalue weighted by Crippen LogP contribution is 2.66. The van der Waals surface area contributed by atoms with Gasteiger partial charge in [0.05, 0.1) is 16.8 Å². The monoisotopic (exact) mass is 971 g/mol. The van der Waals surface area contributed by atoms with E-state index in [2.05, 4.69) is 241 Å². The van der Waals surface area contributed by atoms with Gasteiger partial charge in [-0.3, -0.25) is 0 Å². The number of thiophene rings is 1. The molecule has 0 amide bonds. The van der Waals surface area contributed by atoms with E-state index in [0.717, 1.165) is 12.8 Å². The summed E-state index contributed by atoms with van der Waals surface area (Å²) in [7, 11) is 0. The van der Waals surface area contributed by atoms with Crippen molar-refractivity contribution in [2.75, 3.05) is 4.90 Å². The fourth-order valence-electron chi connectivity index (χ4n) is 15.3. The average Bonchev–Trinajstić information content (AvgIpc) is 4.25. The Morgan fingerprint density at radius 2 is 0.827 bits per heavy atom. The number of hydrogen-bond acceptors (Lipinski definition) is 2. The smallest absolute Gasteiger partial charge is 0.0726 e. The van der Waals surface area contributed by atoms with E-state index in [-0.39, 0.29) is 5.41 Å². The SMILES string of the molecule is c1ccc2c(c1)-c1cccc(N(c3ccc4c5ccccc5c5ccccc5c4c3)c3cc4c(cc3-c3ccc5sc6ccccc6c5c3)-c3ccccc3C43c4ccccc4-c4ccccc43)c1C21CCCCC1. The third kappa shape index (κ3) is 5.52. The molecule has 0 unspecified atom stereocenters. The number of rotatable bonds is 4. The van der Waals surface area contributed by atoms with Crippen molar-refractivity contribution in [3.63, 3.8) is 0 Å². The first kappa shape index (κ1) is 41.9. The van der Waals surface area contributed by atoms with Crippen LogP contribution in [-0.2, 0) is 10.8 Å². The second-order valence-electron chi connectivity index (χ2n) is 21.7. The summed E-state index contributed by atoms with van der Waals surface area (Å²) in [4.78, 5) is 2.74. The molecule has 1 nitrogen and oxygen atoms in total. The van der Waals surface area contributed by atoms with Gasteiger partial charge in [0.15, 0.2) is 0 Å². The van der Waals surface area contributed by atoms with Crippen LogP contribution in [0, 0.1) is 0 Å². The van der Waals surface area contributed by atoms with Gasteiger partial charge in [0.25, 0.3) is 0 Å². The van der Waals surface area contributed by atoms with E-state index in [1.807, 2.05) is 11.3 Å². The molecule has 2 spiro atoms. The fourth-order valence-corrected chi connectivity index (χ4v) is 16.4. The van der Waals surface area contributed by atoms with Crippen LogP contribution < -0.4 is 4.90 Å². The largest absolute Gasteiger partial charge is 0.310 e. The number of anilines is 3. The Morgan fingerprint density at radius 1 is 0.307 bits per heavy atom. The summed E-state index contributed by atoms with van der Waals surface area (Å²) in [6.45, 7) is 0. The molecule has 1 aromatic heterocycles. The van der Waals surface area contributed by atoms with Gasteiger partial charge in [0.1, 0.15) is 0 Å². The van der Waals surface area contributed by atoms with Gasteiger partial charge >= 0.3 is 0 Å². The predicted octanol–water partition coefficient (Wildman–Crippen LogP) is 20.2. The molecule has 12 aromatic carbocycles. The highest BCUT2D eigenvalue weighted by molar-refractivity contribution is 7.25. The Bertz CT molecular complexity index is 4520. The lowest BCUT2D eigenvalue weighted by Crippen LogP contribution is -2.30. The lowest BCUT2D eigenvalue weighted by Gasteiger charge is -2.40. The van der Waals surface area contributed by atoms with E-state index in [0.29, 0.717) is 0 Å². The second-order valence-corrected chi connectivity index (χ2v) is 22.7. The first-order valence-electron chi connectivity index (χ1n) is 27.0. The second kappa shape index (κ2) is 15.5. The molecule has 352 valence electrons. The maximum absolute atomic E-state index is 2.74. The molecule has 4 aliphatic carbocycles. The Kier molecular flexibility index (Phi) is 8.65. The van der Waals surface area contributed by atoms with Crippen LogP contribution >= 0.6 is 11.3 Å². The van der Waals surface area contributed by atoms with Crippen LogP contribution in [0.3, 0.4) is 0 Å². The van der Waals surface area contributed by atoms with E-state index in [9.17, 15) is 0 Å². The fraction of sp³-hybridized carbons (Fsp3) is 0.0959. The topological polar surface area (TPSA) is 3.24 Å². The molecule has 0 saturated heterocycles. The number of benzene rings is 12. The van der Waals surface area contributed by atoms with Crippen molar-refractivity contribution in [3.05, 3.63) is 270 Å². The molecule has 0 aliphatic heterocycles. The average molecular weight is 972 g/mol. The summed E-state index contributed by atoms with van der Waals surface area (Å²) in [6, 6.07) is 91.4. The molecule has 1 heterocycles. The third-order valence-electron chi connectivity index (χ3n) is 18.2. The molecule has 13 aromatic rings. The maximum Gasteiger partial charge on any atom is 0.0726 e. The van der Waals surface area contributed by atoms with Crippen LogP contribution in [-0.4, -0.2) is 0 Å². The minimum absolute atomic E-state index is 0.106. The van der Waals surface area contributed by atoms with Crippen molar-refractivity contribution < 1.29 is 0 Å². The van der Waals surface area contributed by atoms with Crippen LogP contribution in [0.15, 0.2) is 237 Å². The molecule has 1 fully saturated rings. The highest BCUT2D eigenvalue weighted by atomic mass is 32.1. The van der Waals surface area contributed by atoms with E-state index in [1.165, 1.54) is 167 Å². The van der Waals surface area contributed by atoms with Gasteiger partial charge in [0.2, 0.25) is 0 Å². The van der Waals surface area contributed by atoms with Gasteiger partial charge in [-0.1, -0.05) is 207 Å². The first-order valence-corrected chi connectivity index (χ1v) is 27.8. The Balaban J connectivity index is 1.04. The molecule has 2 heteroatoms.